The first-order valence-electron chi connectivity index (χ1n) is 11.7. The molecule has 3 aromatic heterocycles. The zero-order valence-corrected chi connectivity index (χ0v) is 19.0. The molecule has 7 heteroatoms. The van der Waals surface area contributed by atoms with Gasteiger partial charge in [0, 0.05) is 41.3 Å². The van der Waals surface area contributed by atoms with Crippen molar-refractivity contribution in [2.24, 2.45) is 5.92 Å². The molecule has 1 saturated heterocycles. The number of oxazole rings is 1. The predicted octanol–water partition coefficient (Wildman–Crippen LogP) is 4.90. The van der Waals surface area contributed by atoms with E-state index in [-0.39, 0.29) is 11.8 Å². The lowest BCUT2D eigenvalue weighted by atomic mass is 9.91. The van der Waals surface area contributed by atoms with Crippen LogP contribution in [0, 0.1) is 12.8 Å². The molecule has 1 N–H and O–H groups in total. The fourth-order valence-electron chi connectivity index (χ4n) is 4.83. The van der Waals surface area contributed by atoms with Crippen molar-refractivity contribution in [2.75, 3.05) is 25.5 Å². The summed E-state index contributed by atoms with van der Waals surface area (Å²) in [6.07, 6.45) is 7.90. The number of carbonyl (C=O) groups is 1. The molecule has 0 spiro atoms. The van der Waals surface area contributed by atoms with Crippen molar-refractivity contribution in [3.8, 4) is 11.5 Å². The van der Waals surface area contributed by atoms with Crippen molar-refractivity contribution in [1.82, 2.24) is 19.9 Å². The second-order valence-electron chi connectivity index (χ2n) is 9.48. The first kappa shape index (κ1) is 20.3. The van der Waals surface area contributed by atoms with Gasteiger partial charge < -0.3 is 14.6 Å². The number of nitrogens with one attached hydrogen (secondary N) is 1. The van der Waals surface area contributed by atoms with Gasteiger partial charge in [0.25, 0.3) is 0 Å². The Labute approximate surface area is 192 Å². The molecule has 1 aliphatic heterocycles. The van der Waals surface area contributed by atoms with E-state index in [4.69, 9.17) is 9.40 Å². The van der Waals surface area contributed by atoms with Crippen LogP contribution in [0.4, 0.5) is 5.82 Å². The Morgan fingerprint density at radius 1 is 1.12 bits per heavy atom. The number of carbonyl (C=O) groups excluding carboxylic acids is 1. The third-order valence-electron chi connectivity index (χ3n) is 6.91. The lowest BCUT2D eigenvalue weighted by Gasteiger charge is -2.29. The third-order valence-corrected chi connectivity index (χ3v) is 6.91. The molecule has 1 saturated carbocycles. The van der Waals surface area contributed by atoms with Gasteiger partial charge in [-0.1, -0.05) is 6.07 Å². The number of fused-ring (bicyclic) bond motifs is 2. The van der Waals surface area contributed by atoms with E-state index in [2.05, 4.69) is 39.4 Å². The van der Waals surface area contributed by atoms with Gasteiger partial charge in [0.2, 0.25) is 11.8 Å². The Bertz CT molecular complexity index is 1370. The van der Waals surface area contributed by atoms with E-state index < -0.39 is 0 Å². The number of aryl methyl sites for hydroxylation is 1. The molecule has 2 aliphatic rings. The van der Waals surface area contributed by atoms with Crippen molar-refractivity contribution >= 4 is 33.6 Å². The quantitative estimate of drug-likeness (QED) is 0.485. The van der Waals surface area contributed by atoms with Crippen LogP contribution in [-0.4, -0.2) is 45.9 Å². The van der Waals surface area contributed by atoms with E-state index in [1.165, 1.54) is 18.4 Å². The van der Waals surface area contributed by atoms with E-state index in [0.29, 0.717) is 17.6 Å². The zero-order chi connectivity index (χ0) is 22.5. The molecule has 1 amide bonds. The summed E-state index contributed by atoms with van der Waals surface area (Å²) < 4.78 is 6.17. The minimum absolute atomic E-state index is 0.0388. The highest BCUT2D eigenvalue weighted by molar-refractivity contribution is 6.00. The highest BCUT2D eigenvalue weighted by Gasteiger charge is 2.30. The molecule has 1 atom stereocenters. The van der Waals surface area contributed by atoms with Crippen molar-refractivity contribution in [1.29, 1.82) is 0 Å². The number of rotatable bonds is 4. The second kappa shape index (κ2) is 7.92. The summed E-state index contributed by atoms with van der Waals surface area (Å²) in [5.74, 6) is 1.77. The van der Waals surface area contributed by atoms with E-state index in [0.717, 1.165) is 59.1 Å². The summed E-state index contributed by atoms with van der Waals surface area (Å²) in [5, 5.41) is 4.78. The lowest BCUT2D eigenvalue weighted by Crippen LogP contribution is -2.30. The van der Waals surface area contributed by atoms with Crippen LogP contribution in [0.2, 0.25) is 0 Å². The molecule has 33 heavy (non-hydrogen) atoms. The largest absolute Gasteiger partial charge is 0.436 e. The average molecular weight is 442 g/mol. The molecule has 1 aromatic carbocycles. The van der Waals surface area contributed by atoms with Gasteiger partial charge in [-0.2, -0.15) is 0 Å². The third kappa shape index (κ3) is 3.86. The van der Waals surface area contributed by atoms with Gasteiger partial charge in [-0.25, -0.2) is 9.97 Å². The van der Waals surface area contributed by atoms with Gasteiger partial charge in [0.15, 0.2) is 5.58 Å². The Hall–Kier alpha value is -3.32. The van der Waals surface area contributed by atoms with Crippen molar-refractivity contribution < 1.29 is 9.21 Å². The van der Waals surface area contributed by atoms with Gasteiger partial charge >= 0.3 is 0 Å². The van der Waals surface area contributed by atoms with Gasteiger partial charge in [0.05, 0.1) is 5.56 Å². The molecule has 0 radical (unpaired) electrons. The van der Waals surface area contributed by atoms with Crippen LogP contribution in [0.5, 0.6) is 0 Å². The summed E-state index contributed by atoms with van der Waals surface area (Å²) in [5.41, 5.74) is 4.62. The maximum absolute atomic E-state index is 12.2. The molecular formula is C26H27N5O2. The number of anilines is 1. The van der Waals surface area contributed by atoms with Crippen LogP contribution < -0.4 is 5.32 Å². The Morgan fingerprint density at radius 2 is 2.00 bits per heavy atom. The standard InChI is InChI=1S/C26H27N5O2/c1-15-20-12-28-24(30-25(32)16-5-6-16)11-19(20)21(13-27-15)26-29-22-10-17(7-8-23(22)33-26)18-4-3-9-31(2)14-18/h7-8,10-13,16,18H,3-6,9,14H2,1-2H3,(H,28,30,32). The summed E-state index contributed by atoms with van der Waals surface area (Å²) in [6, 6.07) is 8.26. The summed E-state index contributed by atoms with van der Waals surface area (Å²) in [4.78, 5) is 28.5. The molecule has 6 rings (SSSR count). The number of amides is 1. The van der Waals surface area contributed by atoms with Gasteiger partial charge in [-0.05, 0) is 75.9 Å². The van der Waals surface area contributed by atoms with Crippen LogP contribution in [0.3, 0.4) is 0 Å². The number of benzene rings is 1. The molecule has 0 bridgehead atoms. The molecule has 7 nitrogen and oxygen atoms in total. The summed E-state index contributed by atoms with van der Waals surface area (Å²) >= 11 is 0. The fraction of sp³-hybridized carbons (Fsp3) is 0.385. The lowest BCUT2D eigenvalue weighted by molar-refractivity contribution is -0.117. The first-order chi connectivity index (χ1) is 16.0. The summed E-state index contributed by atoms with van der Waals surface area (Å²) in [6.45, 7) is 4.19. The summed E-state index contributed by atoms with van der Waals surface area (Å²) in [7, 11) is 2.19. The monoisotopic (exact) mass is 441 g/mol. The Kier molecular flexibility index (Phi) is 4.87. The zero-order valence-electron chi connectivity index (χ0n) is 19.0. The number of hydrogen-bond acceptors (Lipinski definition) is 6. The second-order valence-corrected chi connectivity index (χ2v) is 9.48. The van der Waals surface area contributed by atoms with Gasteiger partial charge in [-0.15, -0.1) is 0 Å². The van der Waals surface area contributed by atoms with Gasteiger partial charge in [-0.3, -0.25) is 9.78 Å². The van der Waals surface area contributed by atoms with Crippen molar-refractivity contribution in [3.63, 3.8) is 0 Å². The highest BCUT2D eigenvalue weighted by Crippen LogP contribution is 2.35. The van der Waals surface area contributed by atoms with E-state index in [1.54, 1.807) is 12.4 Å². The molecule has 1 unspecified atom stereocenters. The smallest absolute Gasteiger partial charge is 0.229 e. The number of piperidine rings is 1. The fourth-order valence-corrected chi connectivity index (χ4v) is 4.83. The number of likely N-dealkylation sites (N-methyl/N-ethyl adjacent to an activating group) is 1. The topological polar surface area (TPSA) is 84.2 Å². The minimum Gasteiger partial charge on any atom is -0.436 e. The van der Waals surface area contributed by atoms with E-state index >= 15 is 0 Å². The van der Waals surface area contributed by atoms with Crippen LogP contribution in [-0.2, 0) is 4.79 Å². The Balaban J connectivity index is 1.39. The number of hydrogen-bond donors (Lipinski definition) is 1. The van der Waals surface area contributed by atoms with E-state index in [1.807, 2.05) is 19.1 Å². The highest BCUT2D eigenvalue weighted by atomic mass is 16.3. The molecule has 4 heterocycles. The number of nitrogens with zero attached hydrogens (tertiary/aromatic N) is 4. The molecule has 4 aromatic rings. The van der Waals surface area contributed by atoms with Crippen LogP contribution in [0.25, 0.3) is 33.3 Å². The Morgan fingerprint density at radius 3 is 2.82 bits per heavy atom. The molecule has 1 aliphatic carbocycles. The maximum Gasteiger partial charge on any atom is 0.229 e. The van der Waals surface area contributed by atoms with Gasteiger partial charge in [0.1, 0.15) is 11.3 Å². The van der Waals surface area contributed by atoms with Crippen LogP contribution in [0.1, 0.15) is 42.9 Å². The van der Waals surface area contributed by atoms with Crippen molar-refractivity contribution in [3.05, 3.63) is 47.9 Å². The first-order valence-corrected chi connectivity index (χ1v) is 11.7. The van der Waals surface area contributed by atoms with Crippen molar-refractivity contribution in [2.45, 2.75) is 38.5 Å². The molecule has 2 fully saturated rings. The molecule has 168 valence electrons. The minimum atomic E-state index is 0.0388. The molecular weight excluding hydrogens is 414 g/mol. The van der Waals surface area contributed by atoms with Crippen LogP contribution >= 0.6 is 0 Å². The number of aromatic nitrogens is 3. The predicted molar refractivity (Wildman–Crippen MR) is 128 cm³/mol. The maximum atomic E-state index is 12.2. The average Bonchev–Trinajstić information content (AvgIpc) is 3.58. The van der Waals surface area contributed by atoms with Crippen LogP contribution in [0.15, 0.2) is 41.1 Å². The number of likely N-dealkylation sites (tertiary alicyclic amines) is 1. The SMILES string of the molecule is Cc1ncc(-c2nc3cc(C4CCCN(C)C4)ccc3o2)c2cc(NC(=O)C3CC3)ncc12. The normalized spacial score (nSPS) is 19.3. The number of pyridine rings is 2. The van der Waals surface area contributed by atoms with E-state index in [9.17, 15) is 4.79 Å².